The predicted molar refractivity (Wildman–Crippen MR) is 59.4 cm³/mol. The molecule has 0 aromatic heterocycles. The molecule has 2 aliphatic carbocycles. The molecule has 2 saturated carbocycles. The molecule has 0 aliphatic heterocycles. The molecule has 0 amide bonds. The summed E-state index contributed by atoms with van der Waals surface area (Å²) in [5.74, 6) is 1.20. The molecule has 0 saturated heterocycles. The third-order valence-corrected chi connectivity index (χ3v) is 4.20. The SMILES string of the molecule is C=CC(=O)OC1(C)CCC2CCCC1C2. The summed E-state index contributed by atoms with van der Waals surface area (Å²) in [6.07, 6.45) is 8.68. The van der Waals surface area contributed by atoms with Crippen LogP contribution in [0.15, 0.2) is 12.7 Å². The minimum atomic E-state index is -0.262. The van der Waals surface area contributed by atoms with Crippen LogP contribution in [0.5, 0.6) is 0 Å². The van der Waals surface area contributed by atoms with Crippen molar-refractivity contribution >= 4 is 5.97 Å². The van der Waals surface area contributed by atoms with Crippen molar-refractivity contribution in [1.29, 1.82) is 0 Å². The summed E-state index contributed by atoms with van der Waals surface area (Å²) in [5.41, 5.74) is -0.220. The Hall–Kier alpha value is -0.790. The van der Waals surface area contributed by atoms with Gasteiger partial charge in [-0.2, -0.15) is 0 Å². The molecule has 3 atom stereocenters. The van der Waals surface area contributed by atoms with Gasteiger partial charge < -0.3 is 4.74 Å². The fourth-order valence-corrected chi connectivity index (χ4v) is 3.21. The Kier molecular flexibility index (Phi) is 2.85. The molecule has 2 aliphatic rings. The smallest absolute Gasteiger partial charge is 0.330 e. The average molecular weight is 208 g/mol. The Morgan fingerprint density at radius 1 is 1.47 bits per heavy atom. The molecule has 2 rings (SSSR count). The van der Waals surface area contributed by atoms with E-state index in [0.717, 1.165) is 12.3 Å². The number of fused-ring (bicyclic) bond motifs is 2. The molecule has 15 heavy (non-hydrogen) atoms. The lowest BCUT2D eigenvalue weighted by Gasteiger charge is -2.46. The van der Waals surface area contributed by atoms with Gasteiger partial charge in [-0.15, -0.1) is 0 Å². The number of carbonyl (C=O) groups excluding carboxylic acids is 1. The zero-order valence-corrected chi connectivity index (χ0v) is 9.50. The number of rotatable bonds is 2. The van der Waals surface area contributed by atoms with Gasteiger partial charge in [-0.1, -0.05) is 19.4 Å². The van der Waals surface area contributed by atoms with Gasteiger partial charge in [0.2, 0.25) is 0 Å². The number of ether oxygens (including phenoxy) is 1. The van der Waals surface area contributed by atoms with Gasteiger partial charge >= 0.3 is 5.97 Å². The molecule has 0 radical (unpaired) electrons. The third-order valence-electron chi connectivity index (χ3n) is 4.20. The molecule has 84 valence electrons. The normalized spacial score (nSPS) is 39.5. The summed E-state index contributed by atoms with van der Waals surface area (Å²) < 4.78 is 5.56. The highest BCUT2D eigenvalue weighted by atomic mass is 16.6. The number of hydrogen-bond donors (Lipinski definition) is 0. The zero-order chi connectivity index (χ0) is 10.9. The van der Waals surface area contributed by atoms with Crippen LogP contribution in [0.4, 0.5) is 0 Å². The van der Waals surface area contributed by atoms with Crippen molar-refractivity contribution in [3.05, 3.63) is 12.7 Å². The predicted octanol–water partition coefficient (Wildman–Crippen LogP) is 3.07. The molecule has 2 bridgehead atoms. The van der Waals surface area contributed by atoms with E-state index in [0.29, 0.717) is 5.92 Å². The van der Waals surface area contributed by atoms with Crippen molar-refractivity contribution in [1.82, 2.24) is 0 Å². The summed E-state index contributed by atoms with van der Waals surface area (Å²) >= 11 is 0. The summed E-state index contributed by atoms with van der Waals surface area (Å²) in [7, 11) is 0. The second kappa shape index (κ2) is 3.99. The van der Waals surface area contributed by atoms with Gasteiger partial charge in [0.25, 0.3) is 0 Å². The second-order valence-electron chi connectivity index (χ2n) is 5.21. The van der Waals surface area contributed by atoms with Crippen molar-refractivity contribution in [3.63, 3.8) is 0 Å². The van der Waals surface area contributed by atoms with Crippen LogP contribution in [0.25, 0.3) is 0 Å². The minimum absolute atomic E-state index is 0.220. The van der Waals surface area contributed by atoms with Crippen molar-refractivity contribution < 1.29 is 9.53 Å². The Bertz CT molecular complexity index is 272. The van der Waals surface area contributed by atoms with E-state index in [1.165, 1.54) is 38.2 Å². The maximum absolute atomic E-state index is 11.3. The first-order chi connectivity index (χ1) is 7.14. The van der Waals surface area contributed by atoms with Crippen LogP contribution in [0.2, 0.25) is 0 Å². The molecule has 2 fully saturated rings. The Balaban J connectivity index is 2.06. The Labute approximate surface area is 91.7 Å². The summed E-state index contributed by atoms with van der Waals surface area (Å²) in [5, 5.41) is 0. The number of carbonyl (C=O) groups is 1. The fourth-order valence-electron chi connectivity index (χ4n) is 3.21. The van der Waals surface area contributed by atoms with E-state index in [1.807, 2.05) is 0 Å². The lowest BCUT2D eigenvalue weighted by Crippen LogP contribution is -2.45. The summed E-state index contributed by atoms with van der Waals surface area (Å²) in [4.78, 5) is 11.3. The van der Waals surface area contributed by atoms with Crippen LogP contribution in [0, 0.1) is 11.8 Å². The highest BCUT2D eigenvalue weighted by molar-refractivity contribution is 5.81. The van der Waals surface area contributed by atoms with Gasteiger partial charge in [0.1, 0.15) is 5.60 Å². The second-order valence-corrected chi connectivity index (χ2v) is 5.21. The first-order valence-corrected chi connectivity index (χ1v) is 5.99. The number of hydrogen-bond acceptors (Lipinski definition) is 2. The molecule has 0 spiro atoms. The van der Waals surface area contributed by atoms with E-state index in [4.69, 9.17) is 4.74 Å². The van der Waals surface area contributed by atoms with Crippen molar-refractivity contribution in [2.24, 2.45) is 11.8 Å². The van der Waals surface area contributed by atoms with Gasteiger partial charge in [-0.25, -0.2) is 4.79 Å². The van der Waals surface area contributed by atoms with Gasteiger partial charge in [-0.3, -0.25) is 0 Å². The van der Waals surface area contributed by atoms with E-state index >= 15 is 0 Å². The zero-order valence-electron chi connectivity index (χ0n) is 9.50. The van der Waals surface area contributed by atoms with Crippen molar-refractivity contribution in [2.75, 3.05) is 0 Å². The van der Waals surface area contributed by atoms with Gasteiger partial charge in [-0.05, 0) is 44.4 Å². The van der Waals surface area contributed by atoms with E-state index in [-0.39, 0.29) is 11.6 Å². The van der Waals surface area contributed by atoms with E-state index < -0.39 is 0 Å². The molecule has 2 heteroatoms. The molecule has 0 aromatic rings. The van der Waals surface area contributed by atoms with Crippen LogP contribution in [-0.2, 0) is 9.53 Å². The maximum atomic E-state index is 11.3. The first kappa shape index (κ1) is 10.7. The maximum Gasteiger partial charge on any atom is 0.330 e. The largest absolute Gasteiger partial charge is 0.456 e. The van der Waals surface area contributed by atoms with Crippen LogP contribution in [-0.4, -0.2) is 11.6 Å². The van der Waals surface area contributed by atoms with Gasteiger partial charge in [0.05, 0.1) is 0 Å². The number of esters is 1. The van der Waals surface area contributed by atoms with E-state index in [1.54, 1.807) is 0 Å². The monoisotopic (exact) mass is 208 g/mol. The molecule has 0 heterocycles. The summed E-state index contributed by atoms with van der Waals surface area (Å²) in [6, 6.07) is 0. The standard InChI is InChI=1S/C13H20O2/c1-3-12(14)15-13(2)8-7-10-5-4-6-11(13)9-10/h3,10-11H,1,4-9H2,2H3. The van der Waals surface area contributed by atoms with E-state index in [9.17, 15) is 4.79 Å². The van der Waals surface area contributed by atoms with Crippen LogP contribution in [0.1, 0.15) is 45.4 Å². The van der Waals surface area contributed by atoms with Gasteiger partial charge in [0, 0.05) is 6.08 Å². The van der Waals surface area contributed by atoms with Crippen LogP contribution >= 0.6 is 0 Å². The van der Waals surface area contributed by atoms with Crippen LogP contribution < -0.4 is 0 Å². The van der Waals surface area contributed by atoms with E-state index in [2.05, 4.69) is 13.5 Å². The average Bonchev–Trinajstić information content (AvgIpc) is 2.25. The van der Waals surface area contributed by atoms with Crippen molar-refractivity contribution in [3.8, 4) is 0 Å². The Morgan fingerprint density at radius 2 is 2.27 bits per heavy atom. The topological polar surface area (TPSA) is 26.3 Å². The fraction of sp³-hybridized carbons (Fsp3) is 0.769. The van der Waals surface area contributed by atoms with Gasteiger partial charge in [0.15, 0.2) is 0 Å². The lowest BCUT2D eigenvalue weighted by molar-refractivity contribution is -0.166. The minimum Gasteiger partial charge on any atom is -0.456 e. The molecular weight excluding hydrogens is 188 g/mol. The molecular formula is C13H20O2. The molecule has 3 unspecified atom stereocenters. The molecule has 0 N–H and O–H groups in total. The molecule has 2 nitrogen and oxygen atoms in total. The Morgan fingerprint density at radius 3 is 3.00 bits per heavy atom. The summed E-state index contributed by atoms with van der Waals surface area (Å²) in [6.45, 7) is 5.56. The highest BCUT2D eigenvalue weighted by Crippen LogP contribution is 2.47. The molecule has 0 aromatic carbocycles. The first-order valence-electron chi connectivity index (χ1n) is 5.99. The van der Waals surface area contributed by atoms with Crippen molar-refractivity contribution in [2.45, 2.75) is 51.0 Å². The quantitative estimate of drug-likeness (QED) is 0.515. The highest BCUT2D eigenvalue weighted by Gasteiger charge is 2.44. The lowest BCUT2D eigenvalue weighted by atomic mass is 9.65. The van der Waals surface area contributed by atoms with Crippen LogP contribution in [0.3, 0.4) is 0 Å². The third kappa shape index (κ3) is 2.09.